The molecule has 5 nitrogen and oxygen atoms in total. The van der Waals surface area contributed by atoms with Crippen molar-refractivity contribution < 1.29 is 14.6 Å². The number of piperidine rings is 1. The monoisotopic (exact) mass is 346 g/mol. The van der Waals surface area contributed by atoms with Crippen LogP contribution in [0.5, 0.6) is 5.75 Å². The fourth-order valence-corrected chi connectivity index (χ4v) is 3.95. The standard InChI is InChI=1S/C20H30N2O3/c1-16(23)17-6-4-8-20(12-17)25-15-19(24)14-21-9-5-7-18(13-21)22-10-2-3-11-22/h4,6,8,12,18-19,24H,2-3,5,7,9-11,13-15H2,1H3/t18-,19-/m0/s1. The lowest BCUT2D eigenvalue weighted by molar-refractivity contribution is 0.0416. The molecule has 2 saturated heterocycles. The SMILES string of the molecule is CC(=O)c1cccc(OC[C@@H](O)CN2CCC[C@H](N3CCCC3)C2)c1. The largest absolute Gasteiger partial charge is 0.491 e. The number of Topliss-reactive ketones (excluding diaryl/α,β-unsaturated/α-hetero) is 1. The van der Waals surface area contributed by atoms with E-state index in [1.807, 2.05) is 12.1 Å². The van der Waals surface area contributed by atoms with E-state index >= 15 is 0 Å². The second-order valence-electron chi connectivity index (χ2n) is 7.35. The number of hydrogen-bond donors (Lipinski definition) is 1. The Kier molecular flexibility index (Phi) is 6.45. The Morgan fingerprint density at radius 1 is 1.28 bits per heavy atom. The molecule has 0 aliphatic carbocycles. The summed E-state index contributed by atoms with van der Waals surface area (Å²) in [6.07, 6.45) is 4.62. The molecule has 2 fully saturated rings. The van der Waals surface area contributed by atoms with Crippen LogP contribution >= 0.6 is 0 Å². The fraction of sp³-hybridized carbons (Fsp3) is 0.650. The van der Waals surface area contributed by atoms with Gasteiger partial charge in [0.15, 0.2) is 5.78 Å². The average Bonchev–Trinajstić information content (AvgIpc) is 3.15. The van der Waals surface area contributed by atoms with E-state index in [2.05, 4.69) is 9.80 Å². The second kappa shape index (κ2) is 8.79. The number of hydrogen-bond acceptors (Lipinski definition) is 5. The minimum Gasteiger partial charge on any atom is -0.491 e. The van der Waals surface area contributed by atoms with E-state index in [1.54, 1.807) is 19.1 Å². The van der Waals surface area contributed by atoms with Crippen molar-refractivity contribution >= 4 is 5.78 Å². The Hall–Kier alpha value is -1.43. The highest BCUT2D eigenvalue weighted by atomic mass is 16.5. The minimum absolute atomic E-state index is 0.0206. The summed E-state index contributed by atoms with van der Waals surface area (Å²) in [5.74, 6) is 0.660. The van der Waals surface area contributed by atoms with Gasteiger partial charge in [-0.05, 0) is 64.4 Å². The van der Waals surface area contributed by atoms with Crippen molar-refractivity contribution in [3.05, 3.63) is 29.8 Å². The van der Waals surface area contributed by atoms with Gasteiger partial charge in [0.1, 0.15) is 18.5 Å². The van der Waals surface area contributed by atoms with Crippen molar-refractivity contribution in [1.82, 2.24) is 9.80 Å². The lowest BCUT2D eigenvalue weighted by Crippen LogP contribution is -2.49. The number of ketones is 1. The Morgan fingerprint density at radius 3 is 2.84 bits per heavy atom. The zero-order valence-corrected chi connectivity index (χ0v) is 15.2. The first-order valence-electron chi connectivity index (χ1n) is 9.50. The van der Waals surface area contributed by atoms with E-state index in [1.165, 1.54) is 38.8 Å². The zero-order valence-electron chi connectivity index (χ0n) is 15.2. The van der Waals surface area contributed by atoms with Crippen LogP contribution in [0.4, 0.5) is 0 Å². The fourth-order valence-electron chi connectivity index (χ4n) is 3.95. The van der Waals surface area contributed by atoms with E-state index in [9.17, 15) is 9.90 Å². The van der Waals surface area contributed by atoms with Crippen LogP contribution in [-0.2, 0) is 0 Å². The van der Waals surface area contributed by atoms with Crippen LogP contribution in [0.3, 0.4) is 0 Å². The Balaban J connectivity index is 1.44. The molecule has 1 aromatic rings. The summed E-state index contributed by atoms with van der Waals surface area (Å²) < 4.78 is 5.69. The van der Waals surface area contributed by atoms with Gasteiger partial charge < -0.3 is 9.84 Å². The number of likely N-dealkylation sites (tertiary alicyclic amines) is 2. The van der Waals surface area contributed by atoms with Crippen LogP contribution in [0.1, 0.15) is 43.0 Å². The third-order valence-electron chi connectivity index (χ3n) is 5.29. The molecule has 25 heavy (non-hydrogen) atoms. The molecule has 0 saturated carbocycles. The Bertz CT molecular complexity index is 572. The van der Waals surface area contributed by atoms with Crippen molar-refractivity contribution in [3.63, 3.8) is 0 Å². The molecule has 0 bridgehead atoms. The molecular formula is C20H30N2O3. The number of β-amino-alcohol motifs (C(OH)–C–C–N with tert-alkyl or cyclic N) is 1. The van der Waals surface area contributed by atoms with Crippen LogP contribution in [0.2, 0.25) is 0 Å². The van der Waals surface area contributed by atoms with Gasteiger partial charge in [-0.3, -0.25) is 14.6 Å². The molecule has 5 heteroatoms. The van der Waals surface area contributed by atoms with Gasteiger partial charge in [0.2, 0.25) is 0 Å². The number of aliphatic hydroxyl groups is 1. The average molecular weight is 346 g/mol. The van der Waals surface area contributed by atoms with Gasteiger partial charge in [-0.25, -0.2) is 0 Å². The summed E-state index contributed by atoms with van der Waals surface area (Å²) in [6.45, 7) is 7.02. The summed E-state index contributed by atoms with van der Waals surface area (Å²) in [5, 5.41) is 10.3. The van der Waals surface area contributed by atoms with E-state index in [0.717, 1.165) is 13.1 Å². The van der Waals surface area contributed by atoms with Crippen molar-refractivity contribution in [3.8, 4) is 5.75 Å². The maximum Gasteiger partial charge on any atom is 0.159 e. The molecule has 138 valence electrons. The van der Waals surface area contributed by atoms with Crippen molar-refractivity contribution in [1.29, 1.82) is 0 Å². The van der Waals surface area contributed by atoms with Gasteiger partial charge in [0.05, 0.1) is 0 Å². The van der Waals surface area contributed by atoms with Gasteiger partial charge in [-0.2, -0.15) is 0 Å². The van der Waals surface area contributed by atoms with Crippen LogP contribution in [-0.4, -0.2) is 72.2 Å². The summed E-state index contributed by atoms with van der Waals surface area (Å²) in [7, 11) is 0. The maximum absolute atomic E-state index is 11.4. The normalized spacial score (nSPS) is 23.5. The first-order valence-corrected chi connectivity index (χ1v) is 9.50. The number of carbonyl (C=O) groups excluding carboxylic acids is 1. The molecule has 2 heterocycles. The highest BCUT2D eigenvalue weighted by Gasteiger charge is 2.27. The third kappa shape index (κ3) is 5.27. The highest BCUT2D eigenvalue weighted by molar-refractivity contribution is 5.94. The summed E-state index contributed by atoms with van der Waals surface area (Å²) in [4.78, 5) is 16.4. The van der Waals surface area contributed by atoms with Crippen LogP contribution < -0.4 is 4.74 Å². The van der Waals surface area contributed by atoms with E-state index in [-0.39, 0.29) is 12.4 Å². The van der Waals surface area contributed by atoms with Gasteiger partial charge in [0, 0.05) is 24.7 Å². The Morgan fingerprint density at radius 2 is 2.08 bits per heavy atom. The van der Waals surface area contributed by atoms with Crippen LogP contribution in [0, 0.1) is 0 Å². The van der Waals surface area contributed by atoms with Crippen molar-refractivity contribution in [2.75, 3.05) is 39.3 Å². The van der Waals surface area contributed by atoms with Gasteiger partial charge in [0.25, 0.3) is 0 Å². The second-order valence-corrected chi connectivity index (χ2v) is 7.35. The molecule has 2 aliphatic heterocycles. The molecule has 0 spiro atoms. The number of aliphatic hydroxyl groups excluding tert-OH is 1. The number of benzene rings is 1. The van der Waals surface area contributed by atoms with E-state index in [4.69, 9.17) is 4.74 Å². The summed E-state index contributed by atoms with van der Waals surface area (Å²) in [6, 6.07) is 7.79. The zero-order chi connectivity index (χ0) is 17.6. The minimum atomic E-state index is -0.515. The van der Waals surface area contributed by atoms with Crippen molar-refractivity contribution in [2.24, 2.45) is 0 Å². The molecule has 1 N–H and O–H groups in total. The Labute approximate surface area is 150 Å². The molecule has 0 radical (unpaired) electrons. The third-order valence-corrected chi connectivity index (χ3v) is 5.29. The quantitative estimate of drug-likeness (QED) is 0.767. The topological polar surface area (TPSA) is 53.0 Å². The molecule has 0 unspecified atom stereocenters. The van der Waals surface area contributed by atoms with Gasteiger partial charge in [-0.15, -0.1) is 0 Å². The molecule has 2 atom stereocenters. The van der Waals surface area contributed by atoms with Gasteiger partial charge >= 0.3 is 0 Å². The summed E-state index contributed by atoms with van der Waals surface area (Å²) in [5.41, 5.74) is 0.636. The number of rotatable bonds is 7. The molecule has 1 aromatic carbocycles. The molecular weight excluding hydrogens is 316 g/mol. The van der Waals surface area contributed by atoms with Crippen molar-refractivity contribution in [2.45, 2.75) is 44.8 Å². The summed E-state index contributed by atoms with van der Waals surface area (Å²) >= 11 is 0. The first-order chi connectivity index (χ1) is 12.1. The molecule has 3 rings (SSSR count). The molecule has 0 aromatic heterocycles. The predicted octanol–water partition coefficient (Wildman–Crippen LogP) is 2.19. The molecule has 0 amide bonds. The highest BCUT2D eigenvalue weighted by Crippen LogP contribution is 2.21. The smallest absolute Gasteiger partial charge is 0.159 e. The lowest BCUT2D eigenvalue weighted by Gasteiger charge is -2.38. The van der Waals surface area contributed by atoms with Crippen LogP contribution in [0.25, 0.3) is 0 Å². The maximum atomic E-state index is 11.4. The molecule has 2 aliphatic rings. The van der Waals surface area contributed by atoms with E-state index < -0.39 is 6.10 Å². The predicted molar refractivity (Wildman–Crippen MR) is 98.2 cm³/mol. The number of carbonyl (C=O) groups is 1. The number of ether oxygens (including phenoxy) is 1. The number of nitrogens with zero attached hydrogens (tertiary/aromatic N) is 2. The lowest BCUT2D eigenvalue weighted by atomic mass is 10.0. The van der Waals surface area contributed by atoms with Crippen LogP contribution in [0.15, 0.2) is 24.3 Å². The van der Waals surface area contributed by atoms with Gasteiger partial charge in [-0.1, -0.05) is 12.1 Å². The first kappa shape index (κ1) is 18.4. The van der Waals surface area contributed by atoms with E-state index in [0.29, 0.717) is 23.9 Å².